The van der Waals surface area contributed by atoms with E-state index in [0.29, 0.717) is 0 Å². The molecule has 2 N–H and O–H groups in total. The molecule has 1 fully saturated rings. The van der Waals surface area contributed by atoms with Gasteiger partial charge in [0.1, 0.15) is 11.4 Å². The van der Waals surface area contributed by atoms with Gasteiger partial charge in [0.25, 0.3) is 5.91 Å². The number of rotatable bonds is 3. The van der Waals surface area contributed by atoms with E-state index in [0.717, 1.165) is 6.42 Å². The van der Waals surface area contributed by atoms with Crippen molar-refractivity contribution in [2.24, 2.45) is 5.41 Å². The lowest BCUT2D eigenvalue weighted by Gasteiger charge is -2.06. The van der Waals surface area contributed by atoms with Crippen LogP contribution in [0, 0.1) is 5.41 Å². The van der Waals surface area contributed by atoms with Crippen LogP contribution < -0.4 is 5.32 Å². The van der Waals surface area contributed by atoms with Gasteiger partial charge < -0.3 is 10.4 Å². The molecule has 1 amide bonds. The zero-order chi connectivity index (χ0) is 12.6. The molecule has 1 aliphatic rings. The third-order valence-corrected chi connectivity index (χ3v) is 3.02. The molecule has 0 saturated heterocycles. The monoisotopic (exact) mass is 234 g/mol. The van der Waals surface area contributed by atoms with E-state index in [-0.39, 0.29) is 28.8 Å². The van der Waals surface area contributed by atoms with E-state index in [1.165, 1.54) is 18.2 Å². The van der Waals surface area contributed by atoms with Crippen LogP contribution in [-0.4, -0.2) is 28.0 Å². The van der Waals surface area contributed by atoms with Gasteiger partial charge in [0.05, 0.1) is 0 Å². The van der Waals surface area contributed by atoms with Gasteiger partial charge in [0.2, 0.25) is 0 Å². The highest BCUT2D eigenvalue weighted by Crippen LogP contribution is 2.44. The molecule has 0 bridgehead atoms. The molecule has 1 heterocycles. The molecule has 2 rings (SSSR count). The lowest BCUT2D eigenvalue weighted by molar-refractivity contribution is 0.0690. The SMILES string of the molecule is CC1(C)CC1NC(=O)c1cccc(C(=O)O)n1. The molecular weight excluding hydrogens is 220 g/mol. The predicted molar refractivity (Wildman–Crippen MR) is 60.8 cm³/mol. The lowest BCUT2D eigenvalue weighted by atomic mass is 10.2. The Morgan fingerprint density at radius 3 is 2.53 bits per heavy atom. The van der Waals surface area contributed by atoms with Crippen LogP contribution >= 0.6 is 0 Å². The number of aromatic carboxylic acids is 1. The number of nitrogens with zero attached hydrogens (tertiary/aromatic N) is 1. The van der Waals surface area contributed by atoms with E-state index in [2.05, 4.69) is 24.1 Å². The van der Waals surface area contributed by atoms with Crippen molar-refractivity contribution in [3.8, 4) is 0 Å². The summed E-state index contributed by atoms with van der Waals surface area (Å²) in [6, 6.07) is 4.55. The largest absolute Gasteiger partial charge is 0.477 e. The zero-order valence-electron chi connectivity index (χ0n) is 9.73. The van der Waals surface area contributed by atoms with E-state index in [9.17, 15) is 9.59 Å². The normalized spacial score (nSPS) is 20.7. The fraction of sp³-hybridized carbons (Fsp3) is 0.417. The van der Waals surface area contributed by atoms with Crippen molar-refractivity contribution in [2.45, 2.75) is 26.3 Å². The summed E-state index contributed by atoms with van der Waals surface area (Å²) in [4.78, 5) is 26.3. The topological polar surface area (TPSA) is 79.3 Å². The molecule has 1 atom stereocenters. The standard InChI is InChI=1S/C12H14N2O3/c1-12(2)6-9(12)14-10(15)7-4-3-5-8(13-7)11(16)17/h3-5,9H,6H2,1-2H3,(H,14,15)(H,16,17). The molecule has 17 heavy (non-hydrogen) atoms. The Kier molecular flexibility index (Phi) is 2.61. The van der Waals surface area contributed by atoms with Gasteiger partial charge >= 0.3 is 5.97 Å². The third kappa shape index (κ3) is 2.43. The highest BCUT2D eigenvalue weighted by molar-refractivity contribution is 5.94. The molecule has 5 heteroatoms. The van der Waals surface area contributed by atoms with E-state index in [1.54, 1.807) is 0 Å². The number of carboxylic acids is 1. The van der Waals surface area contributed by atoms with Gasteiger partial charge in [0.15, 0.2) is 0 Å². The van der Waals surface area contributed by atoms with E-state index in [1.807, 2.05) is 0 Å². The summed E-state index contributed by atoms with van der Waals surface area (Å²) in [5.74, 6) is -1.45. The summed E-state index contributed by atoms with van der Waals surface area (Å²) >= 11 is 0. The summed E-state index contributed by atoms with van der Waals surface area (Å²) in [5.41, 5.74) is 0.167. The second-order valence-electron chi connectivity index (χ2n) is 4.93. The maximum absolute atomic E-state index is 11.8. The van der Waals surface area contributed by atoms with Gasteiger partial charge in [-0.2, -0.15) is 0 Å². The molecule has 1 aromatic heterocycles. The van der Waals surface area contributed by atoms with Crippen LogP contribution in [0.25, 0.3) is 0 Å². The summed E-state index contributed by atoms with van der Waals surface area (Å²) in [6.07, 6.45) is 0.942. The molecule has 5 nitrogen and oxygen atoms in total. The zero-order valence-corrected chi connectivity index (χ0v) is 9.73. The number of nitrogens with one attached hydrogen (secondary N) is 1. The minimum absolute atomic E-state index is 0.118. The number of carbonyl (C=O) groups excluding carboxylic acids is 1. The Morgan fingerprint density at radius 2 is 2.00 bits per heavy atom. The van der Waals surface area contributed by atoms with E-state index in [4.69, 9.17) is 5.11 Å². The summed E-state index contributed by atoms with van der Waals surface area (Å²) in [7, 11) is 0. The molecule has 90 valence electrons. The molecule has 1 aliphatic carbocycles. The second-order valence-corrected chi connectivity index (χ2v) is 4.93. The number of aromatic nitrogens is 1. The summed E-state index contributed by atoms with van der Waals surface area (Å²) in [5, 5.41) is 11.6. The molecule has 1 unspecified atom stereocenters. The highest BCUT2D eigenvalue weighted by atomic mass is 16.4. The van der Waals surface area contributed by atoms with Crippen molar-refractivity contribution in [3.63, 3.8) is 0 Å². The molecular formula is C12H14N2O3. The third-order valence-electron chi connectivity index (χ3n) is 3.02. The maximum atomic E-state index is 11.8. The van der Waals surface area contributed by atoms with Crippen molar-refractivity contribution in [2.75, 3.05) is 0 Å². The molecule has 0 spiro atoms. The van der Waals surface area contributed by atoms with Gasteiger partial charge in [0, 0.05) is 6.04 Å². The fourth-order valence-electron chi connectivity index (χ4n) is 1.63. The van der Waals surface area contributed by atoms with Gasteiger partial charge in [-0.1, -0.05) is 19.9 Å². The van der Waals surface area contributed by atoms with E-state index < -0.39 is 5.97 Å². The van der Waals surface area contributed by atoms with Gasteiger partial charge in [-0.3, -0.25) is 4.79 Å². The molecule has 0 radical (unpaired) electrons. The van der Waals surface area contributed by atoms with Gasteiger partial charge in [-0.15, -0.1) is 0 Å². The maximum Gasteiger partial charge on any atom is 0.354 e. The van der Waals surface area contributed by atoms with Gasteiger partial charge in [-0.25, -0.2) is 9.78 Å². The fourth-order valence-corrected chi connectivity index (χ4v) is 1.63. The minimum atomic E-state index is -1.13. The Labute approximate surface area is 98.9 Å². The van der Waals surface area contributed by atoms with Crippen LogP contribution in [0.1, 0.15) is 41.2 Å². The molecule has 0 aromatic carbocycles. The minimum Gasteiger partial charge on any atom is -0.477 e. The molecule has 0 aliphatic heterocycles. The molecule has 1 aromatic rings. The highest BCUT2D eigenvalue weighted by Gasteiger charge is 2.46. The number of hydrogen-bond donors (Lipinski definition) is 2. The van der Waals surface area contributed by atoms with Gasteiger partial charge in [-0.05, 0) is 24.0 Å². The molecule has 1 saturated carbocycles. The number of carbonyl (C=O) groups is 2. The van der Waals surface area contributed by atoms with Crippen LogP contribution in [-0.2, 0) is 0 Å². The quantitative estimate of drug-likeness (QED) is 0.826. The van der Waals surface area contributed by atoms with E-state index >= 15 is 0 Å². The Bertz CT molecular complexity index is 482. The first-order valence-electron chi connectivity index (χ1n) is 5.41. The number of pyridine rings is 1. The first-order valence-corrected chi connectivity index (χ1v) is 5.41. The summed E-state index contributed by atoms with van der Waals surface area (Å²) < 4.78 is 0. The lowest BCUT2D eigenvalue weighted by Crippen LogP contribution is -2.29. The van der Waals surface area contributed by atoms with Crippen molar-refractivity contribution in [3.05, 3.63) is 29.6 Å². The smallest absolute Gasteiger partial charge is 0.354 e. The Morgan fingerprint density at radius 1 is 1.41 bits per heavy atom. The van der Waals surface area contributed by atoms with Crippen LogP contribution in [0.5, 0.6) is 0 Å². The average Bonchev–Trinajstić information content (AvgIpc) is 2.86. The summed E-state index contributed by atoms with van der Waals surface area (Å²) in [6.45, 7) is 4.14. The first-order chi connectivity index (χ1) is 7.90. The Balaban J connectivity index is 2.09. The Hall–Kier alpha value is -1.91. The van der Waals surface area contributed by atoms with Crippen molar-refractivity contribution < 1.29 is 14.7 Å². The van der Waals surface area contributed by atoms with Crippen molar-refractivity contribution >= 4 is 11.9 Å². The van der Waals surface area contributed by atoms with Crippen LogP contribution in [0.4, 0.5) is 0 Å². The van der Waals surface area contributed by atoms with Crippen molar-refractivity contribution in [1.82, 2.24) is 10.3 Å². The first kappa shape index (κ1) is 11.6. The number of carboxylic acid groups (broad SMARTS) is 1. The average molecular weight is 234 g/mol. The number of amides is 1. The second kappa shape index (κ2) is 3.84. The van der Waals surface area contributed by atoms with Crippen LogP contribution in [0.15, 0.2) is 18.2 Å². The number of hydrogen-bond acceptors (Lipinski definition) is 3. The van der Waals surface area contributed by atoms with Crippen LogP contribution in [0.3, 0.4) is 0 Å². The van der Waals surface area contributed by atoms with Crippen molar-refractivity contribution in [1.29, 1.82) is 0 Å². The predicted octanol–water partition coefficient (Wildman–Crippen LogP) is 1.31. The van der Waals surface area contributed by atoms with Crippen LogP contribution in [0.2, 0.25) is 0 Å².